The molecule has 0 aliphatic carbocycles. The molecule has 0 unspecified atom stereocenters. The van der Waals surface area contributed by atoms with Crippen molar-refractivity contribution in [1.82, 2.24) is 9.47 Å². The average Bonchev–Trinajstić information content (AvgIpc) is 3.38. The van der Waals surface area contributed by atoms with Gasteiger partial charge in [0, 0.05) is 24.0 Å². The van der Waals surface area contributed by atoms with Crippen LogP contribution in [0, 0.1) is 0 Å². The van der Waals surface area contributed by atoms with E-state index in [9.17, 15) is 9.90 Å². The van der Waals surface area contributed by atoms with Gasteiger partial charge in [0.2, 0.25) is 11.7 Å². The normalized spacial score (nSPS) is 16.9. The first kappa shape index (κ1) is 16.3. The Kier molecular flexibility index (Phi) is 3.83. The van der Waals surface area contributed by atoms with Crippen molar-refractivity contribution >= 4 is 28.1 Å². The fourth-order valence-corrected chi connectivity index (χ4v) is 4.23. The van der Waals surface area contributed by atoms with Gasteiger partial charge < -0.3 is 14.6 Å². The quantitative estimate of drug-likeness (QED) is 0.772. The summed E-state index contributed by atoms with van der Waals surface area (Å²) in [6.07, 6.45) is 2.49. The number of fused-ring (bicyclic) bond motifs is 2. The summed E-state index contributed by atoms with van der Waals surface area (Å²) in [5.74, 6) is 0.0126. The molecule has 0 spiro atoms. The number of benzene rings is 2. The minimum absolute atomic E-state index is 0.122. The van der Waals surface area contributed by atoms with Crippen molar-refractivity contribution in [2.45, 2.75) is 19.4 Å². The summed E-state index contributed by atoms with van der Waals surface area (Å²) < 4.78 is 1.92. The van der Waals surface area contributed by atoms with Gasteiger partial charge in [-0.15, -0.1) is 0 Å². The number of carbonyl (C=O) groups is 1. The predicted molar refractivity (Wildman–Crippen MR) is 106 cm³/mol. The second-order valence-electron chi connectivity index (χ2n) is 7.22. The molecule has 1 saturated heterocycles. The molecule has 3 aromatic rings. The molecule has 0 atom stereocenters. The van der Waals surface area contributed by atoms with Crippen LogP contribution in [0.2, 0.25) is 0 Å². The lowest BCUT2D eigenvalue weighted by Crippen LogP contribution is -2.24. The number of hydrogen-bond acceptors (Lipinski definition) is 4. The monoisotopic (exact) mass is 359 g/mol. The maximum absolute atomic E-state index is 12.9. The molecule has 1 aromatic heterocycles. The van der Waals surface area contributed by atoms with Crippen molar-refractivity contribution in [3.05, 3.63) is 59.7 Å². The number of carbonyl (C=O) groups excluding carboxylic acids is 1. The van der Waals surface area contributed by atoms with Gasteiger partial charge in [0.1, 0.15) is 5.71 Å². The van der Waals surface area contributed by atoms with Crippen LogP contribution in [-0.2, 0) is 6.54 Å². The molecule has 27 heavy (non-hydrogen) atoms. The topological polar surface area (TPSA) is 57.8 Å². The Morgan fingerprint density at radius 1 is 0.963 bits per heavy atom. The number of Topliss-reactive ketones (excluding diaryl/α,β-unsaturated/α-hetero) is 1. The molecule has 5 heteroatoms. The van der Waals surface area contributed by atoms with E-state index in [1.165, 1.54) is 12.8 Å². The Hall–Kier alpha value is -2.92. The van der Waals surface area contributed by atoms with E-state index in [1.54, 1.807) is 6.07 Å². The van der Waals surface area contributed by atoms with E-state index in [1.807, 2.05) is 47.0 Å². The van der Waals surface area contributed by atoms with Crippen LogP contribution in [-0.4, -0.2) is 45.7 Å². The zero-order valence-corrected chi connectivity index (χ0v) is 15.1. The predicted octanol–water partition coefficient (Wildman–Crippen LogP) is 3.76. The Balaban J connectivity index is 1.59. The van der Waals surface area contributed by atoms with Crippen molar-refractivity contribution in [2.75, 3.05) is 19.6 Å². The van der Waals surface area contributed by atoms with Gasteiger partial charge in [-0.25, -0.2) is 4.99 Å². The van der Waals surface area contributed by atoms with Gasteiger partial charge in [0.25, 0.3) is 0 Å². The fourth-order valence-electron chi connectivity index (χ4n) is 4.23. The zero-order valence-electron chi connectivity index (χ0n) is 15.1. The number of nitrogens with zero attached hydrogens (tertiary/aromatic N) is 3. The third-order valence-corrected chi connectivity index (χ3v) is 5.61. The summed E-state index contributed by atoms with van der Waals surface area (Å²) in [4.78, 5) is 19.9. The van der Waals surface area contributed by atoms with Crippen molar-refractivity contribution in [1.29, 1.82) is 0 Å². The molecule has 1 fully saturated rings. The van der Waals surface area contributed by atoms with Crippen molar-refractivity contribution in [2.24, 2.45) is 4.99 Å². The zero-order chi connectivity index (χ0) is 18.4. The Labute approximate surface area is 157 Å². The van der Waals surface area contributed by atoms with Gasteiger partial charge in [0.15, 0.2) is 0 Å². The second kappa shape index (κ2) is 6.35. The van der Waals surface area contributed by atoms with Crippen LogP contribution in [0.15, 0.2) is 53.5 Å². The van der Waals surface area contributed by atoms with Gasteiger partial charge in [-0.2, -0.15) is 0 Å². The number of aromatic hydroxyl groups is 1. The standard InChI is InChI=1S/C22H21N3O2/c26-21-15-7-1-3-9-17(15)23-20(21)19-16-8-2-4-10-18(16)25(22(19)27)14-13-24-11-5-6-12-24/h1-4,7-10,27H,5-6,11-14H2. The lowest BCUT2D eigenvalue weighted by Gasteiger charge is -2.16. The molecule has 0 saturated carbocycles. The van der Waals surface area contributed by atoms with Crippen LogP contribution in [0.4, 0.5) is 5.69 Å². The summed E-state index contributed by atoms with van der Waals surface area (Å²) in [7, 11) is 0. The molecule has 3 heterocycles. The van der Waals surface area contributed by atoms with Gasteiger partial charge in [-0.3, -0.25) is 4.79 Å². The molecule has 5 rings (SSSR count). The molecule has 2 aliphatic heterocycles. The maximum Gasteiger partial charge on any atom is 0.214 e. The maximum atomic E-state index is 12.9. The van der Waals surface area contributed by atoms with Gasteiger partial charge in [-0.05, 0) is 44.1 Å². The first-order valence-electron chi connectivity index (χ1n) is 9.49. The fraction of sp³-hybridized carbons (Fsp3) is 0.273. The van der Waals surface area contributed by atoms with Crippen molar-refractivity contribution < 1.29 is 9.90 Å². The minimum atomic E-state index is -0.122. The Bertz CT molecular complexity index is 1070. The van der Waals surface area contributed by atoms with Gasteiger partial charge in [0.05, 0.1) is 16.8 Å². The molecule has 5 nitrogen and oxygen atoms in total. The summed E-state index contributed by atoms with van der Waals surface area (Å²) in [5, 5.41) is 11.9. The summed E-state index contributed by atoms with van der Waals surface area (Å²) >= 11 is 0. The molecular formula is C22H21N3O2. The van der Waals surface area contributed by atoms with Crippen LogP contribution >= 0.6 is 0 Å². The summed E-state index contributed by atoms with van der Waals surface area (Å²) in [6, 6.07) is 15.2. The second-order valence-corrected chi connectivity index (χ2v) is 7.22. The van der Waals surface area contributed by atoms with Gasteiger partial charge >= 0.3 is 0 Å². The number of hydrogen-bond donors (Lipinski definition) is 1. The number of para-hydroxylation sites is 2. The van der Waals surface area contributed by atoms with E-state index in [4.69, 9.17) is 0 Å². The molecule has 136 valence electrons. The third-order valence-electron chi connectivity index (χ3n) is 5.61. The number of ketones is 1. The molecule has 0 bridgehead atoms. The first-order valence-corrected chi connectivity index (χ1v) is 9.49. The first-order chi connectivity index (χ1) is 13.2. The lowest BCUT2D eigenvalue weighted by atomic mass is 10.0. The van der Waals surface area contributed by atoms with Crippen LogP contribution in [0.3, 0.4) is 0 Å². The number of likely N-dealkylation sites (tertiary alicyclic amines) is 1. The molecule has 2 aliphatic rings. The largest absolute Gasteiger partial charge is 0.494 e. The summed E-state index contributed by atoms with van der Waals surface area (Å²) in [6.45, 7) is 3.83. The highest BCUT2D eigenvalue weighted by atomic mass is 16.3. The Morgan fingerprint density at radius 3 is 2.52 bits per heavy atom. The molecule has 1 N–H and O–H groups in total. The number of aliphatic imine (C=N–C) groups is 1. The average molecular weight is 359 g/mol. The lowest BCUT2D eigenvalue weighted by molar-refractivity contribution is 0.107. The van der Waals surface area contributed by atoms with E-state index >= 15 is 0 Å². The highest BCUT2D eigenvalue weighted by Gasteiger charge is 2.31. The van der Waals surface area contributed by atoms with Crippen LogP contribution in [0.5, 0.6) is 5.88 Å². The number of rotatable bonds is 4. The van der Waals surface area contributed by atoms with E-state index in [-0.39, 0.29) is 11.7 Å². The third kappa shape index (κ3) is 2.58. The molecule has 0 amide bonds. The minimum Gasteiger partial charge on any atom is -0.494 e. The van der Waals surface area contributed by atoms with E-state index in [0.717, 1.165) is 30.5 Å². The van der Waals surface area contributed by atoms with E-state index in [2.05, 4.69) is 9.89 Å². The molecular weight excluding hydrogens is 338 g/mol. The van der Waals surface area contributed by atoms with Crippen LogP contribution < -0.4 is 0 Å². The van der Waals surface area contributed by atoms with Crippen molar-refractivity contribution in [3.8, 4) is 5.88 Å². The smallest absolute Gasteiger partial charge is 0.214 e. The molecule has 0 radical (unpaired) electrons. The van der Waals surface area contributed by atoms with E-state index < -0.39 is 0 Å². The SMILES string of the molecule is O=C1C(c2c(O)n(CCN3CCCC3)c3ccccc23)=Nc2ccccc21. The highest BCUT2D eigenvalue weighted by molar-refractivity contribution is 6.56. The highest BCUT2D eigenvalue weighted by Crippen LogP contribution is 2.37. The van der Waals surface area contributed by atoms with Crippen molar-refractivity contribution in [3.63, 3.8) is 0 Å². The molecule has 2 aromatic carbocycles. The van der Waals surface area contributed by atoms with E-state index in [0.29, 0.717) is 29.1 Å². The van der Waals surface area contributed by atoms with Gasteiger partial charge in [-0.1, -0.05) is 30.3 Å². The van der Waals surface area contributed by atoms with Crippen LogP contribution in [0.25, 0.3) is 10.9 Å². The number of aromatic nitrogens is 1. The Morgan fingerprint density at radius 2 is 1.70 bits per heavy atom. The summed E-state index contributed by atoms with van der Waals surface area (Å²) in [5.41, 5.74) is 3.10. The van der Waals surface area contributed by atoms with Crippen LogP contribution in [0.1, 0.15) is 28.8 Å².